The third-order valence-corrected chi connectivity index (χ3v) is 3.57. The topological polar surface area (TPSA) is 87.4 Å². The van der Waals surface area contributed by atoms with Gasteiger partial charge in [0.25, 0.3) is 5.69 Å². The van der Waals surface area contributed by atoms with Gasteiger partial charge in [0, 0.05) is 30.1 Å². The second kappa shape index (κ2) is 7.39. The maximum absolute atomic E-state index is 11.0. The van der Waals surface area contributed by atoms with Crippen LogP contribution in [0, 0.1) is 17.0 Å². The number of hydrogen-bond donors (Lipinski definition) is 0. The number of nitro benzene ring substituents is 1. The summed E-state index contributed by atoms with van der Waals surface area (Å²) < 4.78 is 11.3. The van der Waals surface area contributed by atoms with Crippen molar-refractivity contribution in [2.45, 2.75) is 13.5 Å². The van der Waals surface area contributed by atoms with Crippen LogP contribution in [0.2, 0.25) is 0 Å². The van der Waals surface area contributed by atoms with Crippen LogP contribution in [-0.4, -0.2) is 14.9 Å². The maximum atomic E-state index is 11.0. The Balaban J connectivity index is 1.71. The van der Waals surface area contributed by atoms with Gasteiger partial charge in [-0.05, 0) is 30.7 Å². The van der Waals surface area contributed by atoms with Gasteiger partial charge in [-0.1, -0.05) is 18.2 Å². The molecule has 0 spiro atoms. The average Bonchev–Trinajstić information content (AvgIpc) is 2.62. The molecule has 0 amide bonds. The quantitative estimate of drug-likeness (QED) is 0.498. The van der Waals surface area contributed by atoms with E-state index in [4.69, 9.17) is 9.47 Å². The Bertz CT molecular complexity index is 884. The van der Waals surface area contributed by atoms with Crippen molar-refractivity contribution in [3.63, 3.8) is 0 Å². The van der Waals surface area contributed by atoms with Crippen LogP contribution in [0.15, 0.2) is 60.9 Å². The van der Waals surface area contributed by atoms with Crippen molar-refractivity contribution in [1.82, 2.24) is 9.97 Å². The van der Waals surface area contributed by atoms with Gasteiger partial charge >= 0.3 is 6.01 Å². The lowest BCUT2D eigenvalue weighted by Gasteiger charge is -2.10. The van der Waals surface area contributed by atoms with Crippen molar-refractivity contribution < 1.29 is 14.4 Å². The molecule has 0 radical (unpaired) electrons. The number of ether oxygens (including phenoxy) is 2. The molecule has 0 aliphatic rings. The molecule has 0 unspecified atom stereocenters. The molecule has 0 bridgehead atoms. The van der Waals surface area contributed by atoms with E-state index in [0.29, 0.717) is 17.1 Å². The summed E-state index contributed by atoms with van der Waals surface area (Å²) in [5, 5.41) is 11.0. The molecule has 0 N–H and O–H groups in total. The van der Waals surface area contributed by atoms with Gasteiger partial charge in [-0.15, -0.1) is 0 Å². The van der Waals surface area contributed by atoms with Crippen LogP contribution in [0.3, 0.4) is 0 Å². The van der Waals surface area contributed by atoms with Crippen molar-refractivity contribution in [3.05, 3.63) is 82.2 Å². The minimum Gasteiger partial charge on any atom is -0.489 e. The number of nitro groups is 1. The standard InChI is InChI=1S/C18H15N3O4/c1-13-14(5-2-8-17(13)21(22)23)12-24-15-6-3-7-16(11-15)25-18-19-9-4-10-20-18/h2-11H,12H2,1H3. The molecule has 3 aromatic rings. The summed E-state index contributed by atoms with van der Waals surface area (Å²) in [6.45, 7) is 1.93. The van der Waals surface area contributed by atoms with E-state index in [2.05, 4.69) is 9.97 Å². The molecule has 126 valence electrons. The van der Waals surface area contributed by atoms with Gasteiger partial charge < -0.3 is 9.47 Å². The van der Waals surface area contributed by atoms with E-state index in [1.807, 2.05) is 0 Å². The molecule has 1 aromatic heterocycles. The van der Waals surface area contributed by atoms with Gasteiger partial charge in [-0.3, -0.25) is 10.1 Å². The second-order valence-electron chi connectivity index (χ2n) is 5.22. The molecule has 7 nitrogen and oxygen atoms in total. The molecule has 0 atom stereocenters. The Kier molecular flexibility index (Phi) is 4.84. The van der Waals surface area contributed by atoms with Crippen LogP contribution < -0.4 is 9.47 Å². The normalized spacial score (nSPS) is 10.3. The summed E-state index contributed by atoms with van der Waals surface area (Å²) in [5.74, 6) is 1.12. The Hall–Kier alpha value is -3.48. The highest BCUT2D eigenvalue weighted by atomic mass is 16.6. The molecule has 0 aliphatic heterocycles. The first-order valence-corrected chi connectivity index (χ1v) is 7.54. The van der Waals surface area contributed by atoms with E-state index >= 15 is 0 Å². The summed E-state index contributed by atoms with van der Waals surface area (Å²) >= 11 is 0. The van der Waals surface area contributed by atoms with Crippen LogP contribution in [0.4, 0.5) is 5.69 Å². The molecule has 7 heteroatoms. The predicted molar refractivity (Wildman–Crippen MR) is 90.7 cm³/mol. The first-order valence-electron chi connectivity index (χ1n) is 7.54. The lowest BCUT2D eigenvalue weighted by atomic mass is 10.1. The molecular weight excluding hydrogens is 322 g/mol. The van der Waals surface area contributed by atoms with Gasteiger partial charge in [0.2, 0.25) is 0 Å². The third-order valence-electron chi connectivity index (χ3n) is 3.57. The van der Waals surface area contributed by atoms with E-state index in [-0.39, 0.29) is 18.3 Å². The van der Waals surface area contributed by atoms with Crippen LogP contribution in [0.1, 0.15) is 11.1 Å². The molecule has 3 rings (SSSR count). The lowest BCUT2D eigenvalue weighted by Crippen LogP contribution is -2.01. The van der Waals surface area contributed by atoms with Crippen molar-refractivity contribution in [1.29, 1.82) is 0 Å². The van der Waals surface area contributed by atoms with Crippen LogP contribution in [0.25, 0.3) is 0 Å². The Morgan fingerprint density at radius 2 is 1.76 bits per heavy atom. The zero-order valence-electron chi connectivity index (χ0n) is 13.5. The van der Waals surface area contributed by atoms with Gasteiger partial charge in [0.1, 0.15) is 18.1 Å². The number of nitrogens with zero attached hydrogens (tertiary/aromatic N) is 3. The summed E-state index contributed by atoms with van der Waals surface area (Å²) in [4.78, 5) is 18.6. The number of aromatic nitrogens is 2. The predicted octanol–water partition coefficient (Wildman–Crippen LogP) is 4.06. The molecule has 25 heavy (non-hydrogen) atoms. The zero-order valence-corrected chi connectivity index (χ0v) is 13.5. The van der Waals surface area contributed by atoms with E-state index in [0.717, 1.165) is 5.56 Å². The van der Waals surface area contributed by atoms with Crippen LogP contribution in [-0.2, 0) is 6.61 Å². The minimum atomic E-state index is -0.396. The number of benzene rings is 2. The van der Waals surface area contributed by atoms with Crippen LogP contribution in [0.5, 0.6) is 17.5 Å². The first kappa shape index (κ1) is 16.4. The Labute approximate surface area is 144 Å². The van der Waals surface area contributed by atoms with Crippen molar-refractivity contribution in [3.8, 4) is 17.5 Å². The molecule has 0 aliphatic carbocycles. The molecule has 2 aromatic carbocycles. The molecular formula is C18H15N3O4. The lowest BCUT2D eigenvalue weighted by molar-refractivity contribution is -0.385. The molecule has 0 fully saturated rings. The SMILES string of the molecule is Cc1c(COc2cccc(Oc3ncccn3)c2)cccc1[N+](=O)[O-]. The highest BCUT2D eigenvalue weighted by molar-refractivity contribution is 5.44. The summed E-state index contributed by atoms with van der Waals surface area (Å²) in [6, 6.07) is 13.9. The maximum Gasteiger partial charge on any atom is 0.321 e. The van der Waals surface area contributed by atoms with Gasteiger partial charge in [0.15, 0.2) is 0 Å². The highest BCUT2D eigenvalue weighted by Gasteiger charge is 2.13. The largest absolute Gasteiger partial charge is 0.489 e. The van der Waals surface area contributed by atoms with E-state index in [9.17, 15) is 10.1 Å². The van der Waals surface area contributed by atoms with Crippen LogP contribution >= 0.6 is 0 Å². The summed E-state index contributed by atoms with van der Waals surface area (Å²) in [7, 11) is 0. The van der Waals surface area contributed by atoms with Gasteiger partial charge in [0.05, 0.1) is 4.92 Å². The van der Waals surface area contributed by atoms with E-state index < -0.39 is 4.92 Å². The molecule has 0 saturated heterocycles. The fraction of sp³-hybridized carbons (Fsp3) is 0.111. The second-order valence-corrected chi connectivity index (χ2v) is 5.22. The minimum absolute atomic E-state index is 0.0828. The fourth-order valence-corrected chi connectivity index (χ4v) is 2.26. The van der Waals surface area contributed by atoms with Crippen molar-refractivity contribution >= 4 is 5.69 Å². The summed E-state index contributed by atoms with van der Waals surface area (Å²) in [6.07, 6.45) is 3.18. The smallest absolute Gasteiger partial charge is 0.321 e. The van der Waals surface area contributed by atoms with E-state index in [1.54, 1.807) is 61.8 Å². The Morgan fingerprint density at radius 3 is 2.52 bits per heavy atom. The number of rotatable bonds is 6. The summed E-state index contributed by atoms with van der Waals surface area (Å²) in [5.41, 5.74) is 1.43. The highest BCUT2D eigenvalue weighted by Crippen LogP contribution is 2.25. The molecule has 1 heterocycles. The first-order chi connectivity index (χ1) is 12.1. The van der Waals surface area contributed by atoms with Crippen molar-refractivity contribution in [2.24, 2.45) is 0 Å². The Morgan fingerprint density at radius 1 is 1.04 bits per heavy atom. The monoisotopic (exact) mass is 337 g/mol. The average molecular weight is 337 g/mol. The van der Waals surface area contributed by atoms with Gasteiger partial charge in [-0.2, -0.15) is 0 Å². The number of hydrogen-bond acceptors (Lipinski definition) is 6. The molecule has 0 saturated carbocycles. The van der Waals surface area contributed by atoms with Crippen molar-refractivity contribution in [2.75, 3.05) is 0 Å². The van der Waals surface area contributed by atoms with Gasteiger partial charge in [-0.25, -0.2) is 9.97 Å². The third kappa shape index (κ3) is 4.08. The fourth-order valence-electron chi connectivity index (χ4n) is 2.26. The zero-order chi connectivity index (χ0) is 17.6. The van der Waals surface area contributed by atoms with E-state index in [1.165, 1.54) is 6.07 Å².